The van der Waals surface area contributed by atoms with Crippen LogP contribution in [0.3, 0.4) is 0 Å². The van der Waals surface area contributed by atoms with Crippen LogP contribution in [0.2, 0.25) is 0 Å². The van der Waals surface area contributed by atoms with Gasteiger partial charge in [-0.1, -0.05) is 0 Å². The fourth-order valence-electron chi connectivity index (χ4n) is 2.31. The van der Waals surface area contributed by atoms with Crippen LogP contribution >= 0.6 is 0 Å². The molecule has 0 aromatic heterocycles. The number of rotatable bonds is 3. The largest absolute Gasteiger partial charge is 0.394 e. The summed E-state index contributed by atoms with van der Waals surface area (Å²) < 4.78 is 11.1. The fourth-order valence-corrected chi connectivity index (χ4v) is 2.31. The summed E-state index contributed by atoms with van der Waals surface area (Å²) in [5.74, 6) is 0. The Bertz CT molecular complexity index is 210. The molecule has 2 rings (SSSR count). The highest BCUT2D eigenvalue weighted by Gasteiger charge is 2.41. The molecule has 5 heteroatoms. The van der Waals surface area contributed by atoms with Gasteiger partial charge in [0.1, 0.15) is 6.10 Å². The Kier molecular flexibility index (Phi) is 3.58. The zero-order valence-electron chi connectivity index (χ0n) is 8.58. The Balaban J connectivity index is 1.86. The van der Waals surface area contributed by atoms with Gasteiger partial charge >= 0.3 is 0 Å². The molecule has 2 saturated heterocycles. The summed E-state index contributed by atoms with van der Waals surface area (Å²) in [4.78, 5) is 0. The third-order valence-corrected chi connectivity index (χ3v) is 3.19. The van der Waals surface area contributed by atoms with Gasteiger partial charge in [0.05, 0.1) is 37.6 Å². The Morgan fingerprint density at radius 1 is 1.00 bits per heavy atom. The maximum Gasteiger partial charge on any atom is 0.107 e. The maximum absolute atomic E-state index is 9.55. The van der Waals surface area contributed by atoms with Crippen LogP contribution in [0.4, 0.5) is 0 Å². The average molecular weight is 218 g/mol. The van der Waals surface area contributed by atoms with E-state index in [9.17, 15) is 5.11 Å². The van der Waals surface area contributed by atoms with Gasteiger partial charge in [-0.2, -0.15) is 0 Å². The minimum Gasteiger partial charge on any atom is -0.394 e. The molecule has 2 aliphatic heterocycles. The summed E-state index contributed by atoms with van der Waals surface area (Å²) in [6.07, 6.45) is 0.824. The number of ether oxygens (including phenoxy) is 2. The second-order valence-electron chi connectivity index (χ2n) is 4.26. The summed E-state index contributed by atoms with van der Waals surface area (Å²) in [6.45, 7) is -0.122. The first-order valence-corrected chi connectivity index (χ1v) is 5.45. The molecule has 15 heavy (non-hydrogen) atoms. The highest BCUT2D eigenvalue weighted by molar-refractivity contribution is 4.89. The van der Waals surface area contributed by atoms with Crippen molar-refractivity contribution in [3.05, 3.63) is 0 Å². The first kappa shape index (κ1) is 11.3. The lowest BCUT2D eigenvalue weighted by Crippen LogP contribution is -2.28. The smallest absolute Gasteiger partial charge is 0.107 e. The molecule has 0 radical (unpaired) electrons. The molecule has 2 fully saturated rings. The molecule has 0 saturated carbocycles. The van der Waals surface area contributed by atoms with Crippen LogP contribution in [0, 0.1) is 0 Å². The minimum absolute atomic E-state index is 0.0369. The third kappa shape index (κ3) is 2.32. The Morgan fingerprint density at radius 3 is 2.33 bits per heavy atom. The Hall–Kier alpha value is -0.200. The van der Waals surface area contributed by atoms with E-state index in [2.05, 4.69) is 0 Å². The molecule has 5 nitrogen and oxygen atoms in total. The van der Waals surface area contributed by atoms with Gasteiger partial charge in [0.15, 0.2) is 0 Å². The molecule has 0 bridgehead atoms. The Morgan fingerprint density at radius 2 is 1.80 bits per heavy atom. The van der Waals surface area contributed by atoms with Crippen molar-refractivity contribution in [2.45, 2.75) is 49.8 Å². The second kappa shape index (κ2) is 4.76. The summed E-state index contributed by atoms with van der Waals surface area (Å²) >= 11 is 0. The van der Waals surface area contributed by atoms with E-state index < -0.39 is 12.2 Å². The summed E-state index contributed by atoms with van der Waals surface area (Å²) in [5, 5.41) is 27.4. The quantitative estimate of drug-likeness (QED) is 0.568. The number of hydrogen-bond acceptors (Lipinski definition) is 5. The van der Waals surface area contributed by atoms with Gasteiger partial charge in [-0.05, 0) is 12.8 Å². The first-order valence-electron chi connectivity index (χ1n) is 5.45. The molecule has 0 aliphatic carbocycles. The summed E-state index contributed by atoms with van der Waals surface area (Å²) in [7, 11) is 0. The standard InChI is InChI=1S/C10H18O5/c11-4-6-1-2-8(14-6)9-3-7(13)10(5-12)15-9/h6-13H,1-5H2/t6-,7-,8?,9?,10+/m0/s1. The van der Waals surface area contributed by atoms with Crippen molar-refractivity contribution in [3.63, 3.8) is 0 Å². The van der Waals surface area contributed by atoms with E-state index >= 15 is 0 Å². The lowest BCUT2D eigenvalue weighted by Gasteiger charge is -2.19. The van der Waals surface area contributed by atoms with Crippen molar-refractivity contribution in [1.29, 1.82) is 0 Å². The molecule has 0 spiro atoms. The minimum atomic E-state index is -0.600. The summed E-state index contributed by atoms with van der Waals surface area (Å²) in [6, 6.07) is 0. The molecule has 0 aromatic rings. The van der Waals surface area contributed by atoms with Gasteiger partial charge < -0.3 is 24.8 Å². The second-order valence-corrected chi connectivity index (χ2v) is 4.26. The van der Waals surface area contributed by atoms with Gasteiger partial charge in [-0.3, -0.25) is 0 Å². The predicted octanol–water partition coefficient (Wildman–Crippen LogP) is -0.963. The van der Waals surface area contributed by atoms with Gasteiger partial charge in [0, 0.05) is 6.42 Å². The molecule has 2 heterocycles. The van der Waals surface area contributed by atoms with Crippen molar-refractivity contribution in [2.75, 3.05) is 13.2 Å². The summed E-state index contributed by atoms with van der Waals surface area (Å²) in [5.41, 5.74) is 0. The van der Waals surface area contributed by atoms with Gasteiger partial charge in [0.25, 0.3) is 0 Å². The molecule has 2 unspecified atom stereocenters. The van der Waals surface area contributed by atoms with E-state index in [0.29, 0.717) is 6.42 Å². The molecular weight excluding hydrogens is 200 g/mol. The lowest BCUT2D eigenvalue weighted by atomic mass is 10.1. The van der Waals surface area contributed by atoms with Crippen LogP contribution in [0.25, 0.3) is 0 Å². The van der Waals surface area contributed by atoms with E-state index in [1.54, 1.807) is 0 Å². The SMILES string of the molecule is OC[C@@H]1CCC(C2C[C@H](O)[C@@H](CO)O2)O1. The molecule has 3 N–H and O–H groups in total. The van der Waals surface area contributed by atoms with E-state index in [1.807, 2.05) is 0 Å². The van der Waals surface area contributed by atoms with E-state index in [0.717, 1.165) is 12.8 Å². The van der Waals surface area contributed by atoms with Gasteiger partial charge in [0.2, 0.25) is 0 Å². The lowest BCUT2D eigenvalue weighted by molar-refractivity contribution is -0.0871. The van der Waals surface area contributed by atoms with Crippen molar-refractivity contribution < 1.29 is 24.8 Å². The van der Waals surface area contributed by atoms with Gasteiger partial charge in [-0.15, -0.1) is 0 Å². The molecular formula is C10H18O5. The van der Waals surface area contributed by atoms with Crippen LogP contribution < -0.4 is 0 Å². The van der Waals surface area contributed by atoms with Crippen molar-refractivity contribution in [1.82, 2.24) is 0 Å². The van der Waals surface area contributed by atoms with Crippen LogP contribution in [0.1, 0.15) is 19.3 Å². The highest BCUT2D eigenvalue weighted by atomic mass is 16.6. The average Bonchev–Trinajstić information content (AvgIpc) is 2.83. The number of hydrogen-bond donors (Lipinski definition) is 3. The zero-order chi connectivity index (χ0) is 10.8. The third-order valence-electron chi connectivity index (χ3n) is 3.19. The number of aliphatic hydroxyl groups is 3. The van der Waals surface area contributed by atoms with Crippen LogP contribution in [-0.2, 0) is 9.47 Å². The monoisotopic (exact) mass is 218 g/mol. The Labute approximate surface area is 88.6 Å². The van der Waals surface area contributed by atoms with Crippen molar-refractivity contribution in [2.24, 2.45) is 0 Å². The molecule has 0 amide bonds. The van der Waals surface area contributed by atoms with Crippen molar-refractivity contribution >= 4 is 0 Å². The predicted molar refractivity (Wildman–Crippen MR) is 51.4 cm³/mol. The van der Waals surface area contributed by atoms with Gasteiger partial charge in [-0.25, -0.2) is 0 Å². The molecule has 2 aliphatic rings. The number of aliphatic hydroxyl groups excluding tert-OH is 3. The van der Waals surface area contributed by atoms with Crippen LogP contribution in [0.15, 0.2) is 0 Å². The van der Waals surface area contributed by atoms with Crippen molar-refractivity contribution in [3.8, 4) is 0 Å². The molecule has 0 aromatic carbocycles. The van der Waals surface area contributed by atoms with E-state index in [1.165, 1.54) is 0 Å². The van der Waals surface area contributed by atoms with Crippen LogP contribution in [0.5, 0.6) is 0 Å². The normalized spacial score (nSPS) is 46.2. The zero-order valence-corrected chi connectivity index (χ0v) is 8.58. The fraction of sp³-hybridized carbons (Fsp3) is 1.00. The first-order chi connectivity index (χ1) is 7.24. The topological polar surface area (TPSA) is 79.2 Å². The highest BCUT2D eigenvalue weighted by Crippen LogP contribution is 2.31. The molecule has 5 atom stereocenters. The van der Waals surface area contributed by atoms with Crippen LogP contribution in [-0.4, -0.2) is 59.1 Å². The molecule has 88 valence electrons. The maximum atomic E-state index is 9.55. The van der Waals surface area contributed by atoms with E-state index in [4.69, 9.17) is 19.7 Å². The van der Waals surface area contributed by atoms with E-state index in [-0.39, 0.29) is 31.5 Å².